The Morgan fingerprint density at radius 2 is 2.00 bits per heavy atom. The summed E-state index contributed by atoms with van der Waals surface area (Å²) in [5, 5.41) is 5.72. The zero-order chi connectivity index (χ0) is 18.2. The van der Waals surface area contributed by atoms with Crippen molar-refractivity contribution in [2.75, 3.05) is 18.1 Å². The van der Waals surface area contributed by atoms with Gasteiger partial charge >= 0.3 is 0 Å². The van der Waals surface area contributed by atoms with Gasteiger partial charge in [-0.3, -0.25) is 4.79 Å². The highest BCUT2D eigenvalue weighted by atomic mass is 35.5. The van der Waals surface area contributed by atoms with E-state index in [1.54, 1.807) is 29.2 Å². The zero-order valence-electron chi connectivity index (χ0n) is 12.9. The van der Waals surface area contributed by atoms with Gasteiger partial charge in [0.15, 0.2) is 6.61 Å². The van der Waals surface area contributed by atoms with Crippen molar-refractivity contribution in [3.63, 3.8) is 0 Å². The number of nitrogens with zero attached hydrogens (tertiary/aromatic N) is 1. The van der Waals surface area contributed by atoms with E-state index in [1.807, 2.05) is 0 Å². The summed E-state index contributed by atoms with van der Waals surface area (Å²) in [7, 11) is -3.77. The normalized spacial score (nSPS) is 13.6. The fourth-order valence-electron chi connectivity index (χ4n) is 2.63. The van der Waals surface area contributed by atoms with Gasteiger partial charge in [-0.1, -0.05) is 29.3 Å². The van der Waals surface area contributed by atoms with Crippen molar-refractivity contribution in [3.05, 3.63) is 52.0 Å². The molecule has 2 aromatic rings. The summed E-state index contributed by atoms with van der Waals surface area (Å²) in [5.41, 5.74) is 1.40. The molecule has 1 amide bonds. The number of hydrogen-bond donors (Lipinski definition) is 1. The Kier molecular flexibility index (Phi) is 4.92. The molecule has 0 spiro atoms. The van der Waals surface area contributed by atoms with Crippen molar-refractivity contribution < 1.29 is 17.9 Å². The summed E-state index contributed by atoms with van der Waals surface area (Å²) in [6.07, 6.45) is 0.544. The van der Waals surface area contributed by atoms with Crippen LogP contribution in [0, 0.1) is 0 Å². The third-order valence-electron chi connectivity index (χ3n) is 3.84. The van der Waals surface area contributed by atoms with Crippen LogP contribution in [0.4, 0.5) is 5.69 Å². The van der Waals surface area contributed by atoms with Gasteiger partial charge in [-0.2, -0.15) is 0 Å². The maximum atomic E-state index is 12.4. The summed E-state index contributed by atoms with van der Waals surface area (Å²) in [6.45, 7) is 0.227. The van der Waals surface area contributed by atoms with Gasteiger partial charge in [-0.15, -0.1) is 0 Å². The minimum atomic E-state index is -3.77. The highest BCUT2D eigenvalue weighted by Gasteiger charge is 2.26. The van der Waals surface area contributed by atoms with Gasteiger partial charge in [0, 0.05) is 12.2 Å². The lowest BCUT2D eigenvalue weighted by Gasteiger charge is -2.18. The number of ether oxygens (including phenoxy) is 1. The fourth-order valence-corrected chi connectivity index (χ4v) is 3.54. The fraction of sp³-hybridized carbons (Fsp3) is 0.188. The SMILES string of the molecule is NS(=O)(=O)c1ccc2c(c1)CCN2C(=O)COc1cccc(Cl)c1Cl. The molecule has 6 nitrogen and oxygen atoms in total. The Morgan fingerprint density at radius 1 is 1.24 bits per heavy atom. The van der Waals surface area contributed by atoms with Crippen molar-refractivity contribution in [2.24, 2.45) is 5.14 Å². The third kappa shape index (κ3) is 3.74. The maximum absolute atomic E-state index is 12.4. The zero-order valence-corrected chi connectivity index (χ0v) is 15.2. The number of fused-ring (bicyclic) bond motifs is 1. The van der Waals surface area contributed by atoms with Gasteiger partial charge in [0.2, 0.25) is 10.0 Å². The Morgan fingerprint density at radius 3 is 2.72 bits per heavy atom. The summed E-state index contributed by atoms with van der Waals surface area (Å²) < 4.78 is 28.3. The number of halogens is 2. The van der Waals surface area contributed by atoms with Crippen molar-refractivity contribution in [1.29, 1.82) is 0 Å². The van der Waals surface area contributed by atoms with E-state index in [9.17, 15) is 13.2 Å². The highest BCUT2D eigenvalue weighted by Crippen LogP contribution is 2.32. The molecule has 0 atom stereocenters. The van der Waals surface area contributed by atoms with Crippen LogP contribution in [0.5, 0.6) is 5.75 Å². The molecule has 0 saturated carbocycles. The van der Waals surface area contributed by atoms with Crippen LogP contribution in [0.2, 0.25) is 10.0 Å². The molecule has 132 valence electrons. The van der Waals surface area contributed by atoms with Crippen molar-refractivity contribution in [1.82, 2.24) is 0 Å². The molecule has 0 unspecified atom stereocenters. The van der Waals surface area contributed by atoms with E-state index in [0.717, 1.165) is 5.56 Å². The molecule has 0 saturated heterocycles. The Balaban J connectivity index is 1.74. The lowest BCUT2D eigenvalue weighted by molar-refractivity contribution is -0.120. The second-order valence-corrected chi connectivity index (χ2v) is 7.82. The summed E-state index contributed by atoms with van der Waals surface area (Å²) in [4.78, 5) is 14.0. The molecule has 0 bridgehead atoms. The van der Waals surface area contributed by atoms with Crippen LogP contribution in [0.3, 0.4) is 0 Å². The molecule has 3 rings (SSSR count). The van der Waals surface area contributed by atoms with Crippen LogP contribution in [0.1, 0.15) is 5.56 Å². The monoisotopic (exact) mass is 400 g/mol. The second-order valence-electron chi connectivity index (χ2n) is 5.47. The first kappa shape index (κ1) is 18.0. The van der Waals surface area contributed by atoms with Crippen molar-refractivity contribution in [2.45, 2.75) is 11.3 Å². The molecule has 25 heavy (non-hydrogen) atoms. The van der Waals surface area contributed by atoms with Gasteiger partial charge in [-0.25, -0.2) is 13.6 Å². The van der Waals surface area contributed by atoms with Crippen LogP contribution < -0.4 is 14.8 Å². The van der Waals surface area contributed by atoms with E-state index in [2.05, 4.69) is 0 Å². The molecular weight excluding hydrogens is 387 g/mol. The number of carbonyl (C=O) groups excluding carboxylic acids is 1. The van der Waals surface area contributed by atoms with Gasteiger partial charge in [0.05, 0.1) is 9.92 Å². The molecule has 0 fully saturated rings. The summed E-state index contributed by atoms with van der Waals surface area (Å²) >= 11 is 11.9. The number of carbonyl (C=O) groups is 1. The minimum Gasteiger partial charge on any atom is -0.482 e. The molecule has 1 aliphatic heterocycles. The molecule has 9 heteroatoms. The van der Waals surface area contributed by atoms with Gasteiger partial charge < -0.3 is 9.64 Å². The van der Waals surface area contributed by atoms with Crippen molar-refractivity contribution >= 4 is 44.8 Å². The van der Waals surface area contributed by atoms with Crippen LogP contribution in [0.15, 0.2) is 41.3 Å². The molecule has 0 aromatic heterocycles. The molecule has 0 aliphatic carbocycles. The number of benzene rings is 2. The van der Waals surface area contributed by atoms with Crippen LogP contribution in [-0.4, -0.2) is 27.5 Å². The quantitative estimate of drug-likeness (QED) is 0.853. The van der Waals surface area contributed by atoms with Crippen LogP contribution in [-0.2, 0) is 21.2 Å². The van der Waals surface area contributed by atoms with Gasteiger partial charge in [0.25, 0.3) is 5.91 Å². The predicted molar refractivity (Wildman–Crippen MR) is 95.8 cm³/mol. The number of amides is 1. The Labute approximate surface area is 155 Å². The average molecular weight is 401 g/mol. The van der Waals surface area contributed by atoms with E-state index in [-0.39, 0.29) is 22.4 Å². The molecular formula is C16H14Cl2N2O4S. The first-order valence-electron chi connectivity index (χ1n) is 7.30. The van der Waals surface area contributed by atoms with E-state index in [1.165, 1.54) is 12.1 Å². The van der Waals surface area contributed by atoms with Crippen LogP contribution in [0.25, 0.3) is 0 Å². The number of primary sulfonamides is 1. The molecule has 1 heterocycles. The first-order chi connectivity index (χ1) is 11.8. The first-order valence-corrected chi connectivity index (χ1v) is 9.60. The van der Waals surface area contributed by atoms with Gasteiger partial charge in [-0.05, 0) is 42.3 Å². The van der Waals surface area contributed by atoms with E-state index in [0.29, 0.717) is 29.4 Å². The maximum Gasteiger partial charge on any atom is 0.264 e. The molecule has 0 radical (unpaired) electrons. The predicted octanol–water partition coefficient (Wildman–Crippen LogP) is 2.61. The number of rotatable bonds is 4. The Hall–Kier alpha value is -1.80. The summed E-state index contributed by atoms with van der Waals surface area (Å²) in [5.74, 6) is 0.0599. The number of nitrogens with two attached hydrogens (primary N) is 1. The van der Waals surface area contributed by atoms with E-state index in [4.69, 9.17) is 33.1 Å². The van der Waals surface area contributed by atoms with Crippen molar-refractivity contribution in [3.8, 4) is 5.75 Å². The minimum absolute atomic E-state index is 0.0301. The number of sulfonamides is 1. The molecule has 2 aromatic carbocycles. The third-order valence-corrected chi connectivity index (χ3v) is 5.56. The molecule has 1 aliphatic rings. The smallest absolute Gasteiger partial charge is 0.264 e. The van der Waals surface area contributed by atoms with E-state index < -0.39 is 10.0 Å². The number of hydrogen-bond acceptors (Lipinski definition) is 4. The number of anilines is 1. The topological polar surface area (TPSA) is 89.7 Å². The van der Waals surface area contributed by atoms with Crippen LogP contribution >= 0.6 is 23.2 Å². The lowest BCUT2D eigenvalue weighted by atomic mass is 10.2. The average Bonchev–Trinajstić information content (AvgIpc) is 2.98. The van der Waals surface area contributed by atoms with E-state index >= 15 is 0 Å². The highest BCUT2D eigenvalue weighted by molar-refractivity contribution is 7.89. The van der Waals surface area contributed by atoms with Gasteiger partial charge in [0.1, 0.15) is 10.8 Å². The largest absolute Gasteiger partial charge is 0.482 e. The summed E-state index contributed by atoms with van der Waals surface area (Å²) in [6, 6.07) is 9.37. The second kappa shape index (κ2) is 6.84. The molecule has 2 N–H and O–H groups in total. The lowest BCUT2D eigenvalue weighted by Crippen LogP contribution is -2.33. The standard InChI is InChI=1S/C16H14Cl2N2O4S/c17-12-2-1-3-14(16(12)18)24-9-15(21)20-7-6-10-8-11(25(19,22)23)4-5-13(10)20/h1-5,8H,6-7,9H2,(H2,19,22,23). The Bertz CT molecular complexity index is 947.